The fraction of sp³-hybridized carbons (Fsp3) is 0.182. The molecule has 0 aliphatic rings. The summed E-state index contributed by atoms with van der Waals surface area (Å²) in [6, 6.07) is 6.13. The van der Waals surface area contributed by atoms with Crippen molar-refractivity contribution < 1.29 is 25.3 Å². The van der Waals surface area contributed by atoms with Crippen LogP contribution in [0.1, 0.15) is 0 Å². The molecule has 1 aromatic rings. The molecule has 22 heavy (non-hydrogen) atoms. The van der Waals surface area contributed by atoms with Gasteiger partial charge in [-0.15, -0.1) is 0 Å². The van der Waals surface area contributed by atoms with Gasteiger partial charge in [-0.3, -0.25) is 0 Å². The summed E-state index contributed by atoms with van der Waals surface area (Å²) in [6.45, 7) is 0. The molecule has 0 aliphatic carbocycles. The van der Waals surface area contributed by atoms with Gasteiger partial charge in [0.2, 0.25) is 9.84 Å². The molecule has 0 unspecified atom stereocenters. The van der Waals surface area contributed by atoms with E-state index in [0.717, 1.165) is 12.1 Å². The van der Waals surface area contributed by atoms with Gasteiger partial charge in [0.1, 0.15) is 6.07 Å². The predicted octanol–water partition coefficient (Wildman–Crippen LogP) is 0.896. The van der Waals surface area contributed by atoms with E-state index in [1.807, 2.05) is 0 Å². The van der Waals surface area contributed by atoms with Crippen LogP contribution in [0.25, 0.3) is 0 Å². The van der Waals surface area contributed by atoms with E-state index in [4.69, 9.17) is 16.9 Å². The standard InChI is InChI=1S/C11H10ClNO6S3/c1-20(14,15)11(21(2,16)17)10(7-13)22(18,19)9-6-4-3-5-8(9)12/h3-6H,1-2H3. The van der Waals surface area contributed by atoms with E-state index in [-0.39, 0.29) is 5.02 Å². The third-order valence-corrected chi connectivity index (χ3v) is 8.40. The zero-order valence-corrected chi connectivity index (χ0v) is 14.5. The molecule has 1 rings (SSSR count). The van der Waals surface area contributed by atoms with Gasteiger partial charge < -0.3 is 0 Å². The van der Waals surface area contributed by atoms with Crippen LogP contribution in [0.2, 0.25) is 5.02 Å². The van der Waals surface area contributed by atoms with Gasteiger partial charge in [-0.05, 0) is 12.1 Å². The molecule has 0 aromatic heterocycles. The Kier molecular flexibility index (Phi) is 5.08. The van der Waals surface area contributed by atoms with Crippen LogP contribution in [0.15, 0.2) is 38.3 Å². The van der Waals surface area contributed by atoms with E-state index in [1.54, 1.807) is 0 Å². The summed E-state index contributed by atoms with van der Waals surface area (Å²) >= 11 is 5.73. The van der Waals surface area contributed by atoms with Crippen molar-refractivity contribution in [2.24, 2.45) is 0 Å². The molecule has 0 N–H and O–H groups in total. The maximum Gasteiger partial charge on any atom is 0.220 e. The van der Waals surface area contributed by atoms with Crippen molar-refractivity contribution >= 4 is 41.1 Å². The van der Waals surface area contributed by atoms with Crippen LogP contribution in [0.4, 0.5) is 0 Å². The third-order valence-electron chi connectivity index (χ3n) is 2.36. The Balaban J connectivity index is 4.02. The Hall–Kier alpha value is -1.41. The Morgan fingerprint density at radius 2 is 1.45 bits per heavy atom. The number of sulfone groups is 3. The number of hydrogen-bond acceptors (Lipinski definition) is 7. The smallest absolute Gasteiger partial charge is 0.220 e. The molecular weight excluding hydrogens is 374 g/mol. The molecule has 0 spiro atoms. The third kappa shape index (κ3) is 3.67. The molecule has 0 heterocycles. The first kappa shape index (κ1) is 18.6. The van der Waals surface area contributed by atoms with Crippen LogP contribution in [0, 0.1) is 11.3 Å². The SMILES string of the molecule is CS(=O)(=O)C(=C(C#N)S(=O)(=O)c1ccccc1Cl)S(C)(=O)=O. The van der Waals surface area contributed by atoms with Crippen molar-refractivity contribution in [3.63, 3.8) is 0 Å². The summed E-state index contributed by atoms with van der Waals surface area (Å²) in [5.74, 6) is 0. The second-order valence-corrected chi connectivity index (χ2v) is 10.6. The monoisotopic (exact) mass is 383 g/mol. The molecule has 0 saturated heterocycles. The fourth-order valence-electron chi connectivity index (χ4n) is 1.60. The highest BCUT2D eigenvalue weighted by Gasteiger charge is 2.36. The highest BCUT2D eigenvalue weighted by atomic mass is 35.5. The molecule has 1 aromatic carbocycles. The lowest BCUT2D eigenvalue weighted by Crippen LogP contribution is -2.18. The lowest BCUT2D eigenvalue weighted by molar-refractivity contribution is 0.595. The molecule has 0 aliphatic heterocycles. The number of nitrogens with zero attached hydrogens (tertiary/aromatic N) is 1. The lowest BCUT2D eigenvalue weighted by Gasteiger charge is -2.09. The van der Waals surface area contributed by atoms with Gasteiger partial charge in [0, 0.05) is 12.5 Å². The zero-order chi connectivity index (χ0) is 17.3. The van der Waals surface area contributed by atoms with Gasteiger partial charge in [-0.2, -0.15) is 5.26 Å². The summed E-state index contributed by atoms with van der Waals surface area (Å²) < 4.78 is 70.0. The minimum absolute atomic E-state index is 0.267. The maximum absolute atomic E-state index is 12.4. The van der Waals surface area contributed by atoms with Crippen molar-refractivity contribution in [1.29, 1.82) is 5.26 Å². The van der Waals surface area contributed by atoms with Crippen molar-refractivity contribution in [2.45, 2.75) is 4.90 Å². The molecule has 0 amide bonds. The molecule has 0 fully saturated rings. The van der Waals surface area contributed by atoms with E-state index in [2.05, 4.69) is 0 Å². The van der Waals surface area contributed by atoms with E-state index in [1.165, 1.54) is 18.2 Å². The minimum Gasteiger partial charge on any atom is -0.223 e. The summed E-state index contributed by atoms with van der Waals surface area (Å²) in [7, 11) is -13.7. The molecule has 0 radical (unpaired) electrons. The van der Waals surface area contributed by atoms with Gasteiger partial charge >= 0.3 is 0 Å². The van der Waals surface area contributed by atoms with E-state index in [9.17, 15) is 25.3 Å². The molecular formula is C11H10ClNO6S3. The average Bonchev–Trinajstić information content (AvgIpc) is 2.32. The predicted molar refractivity (Wildman–Crippen MR) is 81.0 cm³/mol. The Morgan fingerprint density at radius 3 is 1.82 bits per heavy atom. The van der Waals surface area contributed by atoms with Gasteiger partial charge in [-0.1, -0.05) is 23.7 Å². The average molecular weight is 384 g/mol. The van der Waals surface area contributed by atoms with Crippen molar-refractivity contribution in [2.75, 3.05) is 12.5 Å². The van der Waals surface area contributed by atoms with Crippen LogP contribution in [0.5, 0.6) is 0 Å². The maximum atomic E-state index is 12.4. The normalized spacial score (nSPS) is 12.5. The highest BCUT2D eigenvalue weighted by molar-refractivity contribution is 8.15. The van der Waals surface area contributed by atoms with E-state index < -0.39 is 43.5 Å². The number of nitriles is 1. The molecule has 0 saturated carbocycles. The van der Waals surface area contributed by atoms with Crippen LogP contribution in [0.3, 0.4) is 0 Å². The van der Waals surface area contributed by atoms with Gasteiger partial charge in [-0.25, -0.2) is 25.3 Å². The quantitative estimate of drug-likeness (QED) is 0.706. The number of hydrogen-bond donors (Lipinski definition) is 0. The number of allylic oxidation sites excluding steroid dienone is 1. The van der Waals surface area contributed by atoms with E-state index >= 15 is 0 Å². The lowest BCUT2D eigenvalue weighted by atomic mass is 10.4. The first-order chi connectivity index (χ1) is 9.83. The number of benzene rings is 1. The Morgan fingerprint density at radius 1 is 1.00 bits per heavy atom. The largest absolute Gasteiger partial charge is 0.223 e. The van der Waals surface area contributed by atoms with Crippen molar-refractivity contribution in [3.05, 3.63) is 38.4 Å². The summed E-state index contributed by atoms with van der Waals surface area (Å²) in [5, 5.41) is 8.78. The molecule has 0 bridgehead atoms. The van der Waals surface area contributed by atoms with E-state index in [0.29, 0.717) is 12.5 Å². The Labute approximate surface area is 133 Å². The summed E-state index contributed by atoms with van der Waals surface area (Å²) in [5.41, 5.74) is 0. The topological polar surface area (TPSA) is 126 Å². The van der Waals surface area contributed by atoms with Crippen molar-refractivity contribution in [1.82, 2.24) is 0 Å². The highest BCUT2D eigenvalue weighted by Crippen LogP contribution is 2.30. The van der Waals surface area contributed by atoms with Crippen LogP contribution >= 0.6 is 11.6 Å². The molecule has 7 nitrogen and oxygen atoms in total. The molecule has 0 atom stereocenters. The van der Waals surface area contributed by atoms with Crippen LogP contribution in [-0.4, -0.2) is 37.8 Å². The second kappa shape index (κ2) is 6.00. The number of rotatable bonds is 4. The van der Waals surface area contributed by atoms with Crippen LogP contribution in [-0.2, 0) is 29.5 Å². The van der Waals surface area contributed by atoms with Crippen molar-refractivity contribution in [3.8, 4) is 6.07 Å². The number of halogens is 1. The summed E-state index contributed by atoms with van der Waals surface area (Å²) in [6.07, 6.45) is 1.01. The fourth-order valence-corrected chi connectivity index (χ4v) is 7.71. The van der Waals surface area contributed by atoms with Gasteiger partial charge in [0.25, 0.3) is 0 Å². The first-order valence-corrected chi connectivity index (χ1v) is 11.0. The summed E-state index contributed by atoms with van der Waals surface area (Å²) in [4.78, 5) is -1.94. The first-order valence-electron chi connectivity index (χ1n) is 5.37. The second-order valence-electron chi connectivity index (χ2n) is 4.21. The molecule has 120 valence electrons. The zero-order valence-electron chi connectivity index (χ0n) is 11.3. The minimum atomic E-state index is -4.72. The Bertz CT molecular complexity index is 964. The van der Waals surface area contributed by atoms with Gasteiger partial charge in [0.05, 0.1) is 9.92 Å². The van der Waals surface area contributed by atoms with Crippen LogP contribution < -0.4 is 0 Å². The molecule has 11 heteroatoms. The van der Waals surface area contributed by atoms with Gasteiger partial charge in [0.15, 0.2) is 28.8 Å².